The molecule has 1 aromatic rings. The number of hydrogen-bond donors (Lipinski definition) is 1. The molecule has 0 aromatic heterocycles. The van der Waals surface area contributed by atoms with Crippen molar-refractivity contribution in [3.8, 4) is 0 Å². The number of anilines is 1. The van der Waals surface area contributed by atoms with E-state index >= 15 is 0 Å². The summed E-state index contributed by atoms with van der Waals surface area (Å²) < 4.78 is 12.0. The predicted octanol–water partition coefficient (Wildman–Crippen LogP) is 0.583. The quantitative estimate of drug-likeness (QED) is 0.512. The van der Waals surface area contributed by atoms with Gasteiger partial charge in [0.15, 0.2) is 0 Å². The van der Waals surface area contributed by atoms with Gasteiger partial charge in [-0.1, -0.05) is 0 Å². The molecule has 50 valence electrons. The molecule has 0 atom stereocenters. The van der Waals surface area contributed by atoms with Gasteiger partial charge in [0.25, 0.3) is 0 Å². The van der Waals surface area contributed by atoms with Crippen molar-refractivity contribution in [1.82, 2.24) is 0 Å². The second kappa shape index (κ2) is 3.04. The summed E-state index contributed by atoms with van der Waals surface area (Å²) in [7, 11) is 0. The Kier molecular flexibility index (Phi) is 2.67. The van der Waals surface area contributed by atoms with E-state index in [1.165, 1.54) is 24.3 Å². The Hall–Kier alpha value is -1.09. The molecule has 0 heterocycles. The molecule has 0 amide bonds. The molecule has 1 aromatic carbocycles. The average molecular weight is 129 g/mol. The molecule has 4 N–H and O–H groups in total. The first-order chi connectivity index (χ1) is 3.79. The minimum atomic E-state index is -0.251. The summed E-state index contributed by atoms with van der Waals surface area (Å²) in [6.45, 7) is 0. The zero-order valence-electron chi connectivity index (χ0n) is 4.76. The van der Waals surface area contributed by atoms with Crippen molar-refractivity contribution in [2.75, 3.05) is 5.73 Å². The molecule has 0 unspecified atom stereocenters. The average Bonchev–Trinajstić information content (AvgIpc) is 1.77. The van der Waals surface area contributed by atoms with Gasteiger partial charge >= 0.3 is 0 Å². The highest BCUT2D eigenvalue weighted by Crippen LogP contribution is 2.01. The van der Waals surface area contributed by atoms with Crippen LogP contribution in [-0.4, -0.2) is 5.48 Å². The fraction of sp³-hybridized carbons (Fsp3) is 0. The van der Waals surface area contributed by atoms with Crippen molar-refractivity contribution < 1.29 is 9.87 Å². The number of nitrogen functional groups attached to an aromatic ring is 1. The van der Waals surface area contributed by atoms with E-state index in [2.05, 4.69) is 0 Å². The molecule has 0 fully saturated rings. The van der Waals surface area contributed by atoms with Gasteiger partial charge in [-0.2, -0.15) is 0 Å². The number of nitrogens with two attached hydrogens (primary N) is 1. The molecule has 0 aliphatic heterocycles. The van der Waals surface area contributed by atoms with E-state index in [1.54, 1.807) is 0 Å². The van der Waals surface area contributed by atoms with Crippen molar-refractivity contribution in [2.24, 2.45) is 0 Å². The molecule has 0 bridgehead atoms. The molecule has 3 heteroatoms. The minimum Gasteiger partial charge on any atom is -0.412 e. The lowest BCUT2D eigenvalue weighted by Crippen LogP contribution is -1.82. The topological polar surface area (TPSA) is 57.5 Å². The summed E-state index contributed by atoms with van der Waals surface area (Å²) in [4.78, 5) is 0. The van der Waals surface area contributed by atoms with Crippen LogP contribution in [0.15, 0.2) is 24.3 Å². The normalized spacial score (nSPS) is 8.11. The van der Waals surface area contributed by atoms with Gasteiger partial charge in [0, 0.05) is 5.69 Å². The van der Waals surface area contributed by atoms with Crippen LogP contribution >= 0.6 is 0 Å². The molecule has 0 radical (unpaired) electrons. The Morgan fingerprint density at radius 1 is 1.11 bits per heavy atom. The van der Waals surface area contributed by atoms with E-state index in [4.69, 9.17) is 5.73 Å². The van der Waals surface area contributed by atoms with Crippen molar-refractivity contribution in [2.45, 2.75) is 0 Å². The number of halogens is 1. The number of hydrogen-bond acceptors (Lipinski definition) is 1. The lowest BCUT2D eigenvalue weighted by Gasteiger charge is -1.87. The SMILES string of the molecule is Nc1ccc(F)cc1.O. The van der Waals surface area contributed by atoms with E-state index in [-0.39, 0.29) is 11.3 Å². The van der Waals surface area contributed by atoms with Crippen LogP contribution in [-0.2, 0) is 0 Å². The third-order valence-corrected chi connectivity index (χ3v) is 0.870. The Morgan fingerprint density at radius 3 is 1.89 bits per heavy atom. The molecule has 2 nitrogen and oxygen atoms in total. The van der Waals surface area contributed by atoms with Gasteiger partial charge in [-0.15, -0.1) is 0 Å². The second-order valence-corrected chi connectivity index (χ2v) is 1.55. The Labute approximate surface area is 52.4 Å². The van der Waals surface area contributed by atoms with E-state index in [0.717, 1.165) is 0 Å². The van der Waals surface area contributed by atoms with Gasteiger partial charge in [-0.25, -0.2) is 4.39 Å². The van der Waals surface area contributed by atoms with Gasteiger partial charge in [-0.05, 0) is 24.3 Å². The van der Waals surface area contributed by atoms with Crippen LogP contribution in [0.3, 0.4) is 0 Å². The molecular weight excluding hydrogens is 121 g/mol. The molecule has 1 rings (SSSR count). The highest BCUT2D eigenvalue weighted by Gasteiger charge is 1.83. The van der Waals surface area contributed by atoms with Crippen LogP contribution in [0.5, 0.6) is 0 Å². The Morgan fingerprint density at radius 2 is 1.56 bits per heavy atom. The summed E-state index contributed by atoms with van der Waals surface area (Å²) in [5.41, 5.74) is 5.85. The van der Waals surface area contributed by atoms with Gasteiger partial charge in [0.1, 0.15) is 5.82 Å². The standard InChI is InChI=1S/C6H6FN.H2O/c7-5-1-3-6(8)4-2-5;/h1-4H,8H2;1H2. The van der Waals surface area contributed by atoms with Gasteiger partial charge in [0.05, 0.1) is 0 Å². The maximum absolute atomic E-state index is 12.0. The first-order valence-electron chi connectivity index (χ1n) is 2.30. The van der Waals surface area contributed by atoms with E-state index in [1.807, 2.05) is 0 Å². The summed E-state index contributed by atoms with van der Waals surface area (Å²) in [6, 6.07) is 5.70. The van der Waals surface area contributed by atoms with Crippen molar-refractivity contribution in [1.29, 1.82) is 0 Å². The van der Waals surface area contributed by atoms with Crippen LogP contribution in [0.1, 0.15) is 0 Å². The highest BCUT2D eigenvalue weighted by molar-refractivity contribution is 5.36. The van der Waals surface area contributed by atoms with Crippen molar-refractivity contribution in [3.63, 3.8) is 0 Å². The van der Waals surface area contributed by atoms with Crippen molar-refractivity contribution in [3.05, 3.63) is 30.1 Å². The zero-order chi connectivity index (χ0) is 5.98. The largest absolute Gasteiger partial charge is 0.412 e. The summed E-state index contributed by atoms with van der Waals surface area (Å²) in [6.07, 6.45) is 0. The maximum Gasteiger partial charge on any atom is 0.123 e. The van der Waals surface area contributed by atoms with Gasteiger partial charge in [0.2, 0.25) is 0 Å². The first kappa shape index (κ1) is 7.91. The third-order valence-electron chi connectivity index (χ3n) is 0.870. The molecule has 0 spiro atoms. The summed E-state index contributed by atoms with van der Waals surface area (Å²) in [5.74, 6) is -0.251. The minimum absolute atomic E-state index is 0. The molecule has 0 aliphatic rings. The molecular formula is C6H8FNO. The number of rotatable bonds is 0. The third kappa shape index (κ3) is 2.10. The molecule has 0 saturated carbocycles. The molecule has 0 aliphatic carbocycles. The van der Waals surface area contributed by atoms with E-state index < -0.39 is 0 Å². The maximum atomic E-state index is 12.0. The van der Waals surface area contributed by atoms with E-state index in [9.17, 15) is 4.39 Å². The Bertz CT molecular complexity index is 152. The van der Waals surface area contributed by atoms with Crippen molar-refractivity contribution >= 4 is 5.69 Å². The Balaban J connectivity index is 0.000000640. The number of benzene rings is 1. The fourth-order valence-electron chi connectivity index (χ4n) is 0.463. The predicted molar refractivity (Wildman–Crippen MR) is 34.4 cm³/mol. The fourth-order valence-corrected chi connectivity index (χ4v) is 0.463. The van der Waals surface area contributed by atoms with Gasteiger partial charge in [-0.3, -0.25) is 0 Å². The molecule has 9 heavy (non-hydrogen) atoms. The summed E-state index contributed by atoms with van der Waals surface area (Å²) >= 11 is 0. The smallest absolute Gasteiger partial charge is 0.123 e. The summed E-state index contributed by atoms with van der Waals surface area (Å²) in [5, 5.41) is 0. The monoisotopic (exact) mass is 129 g/mol. The highest BCUT2D eigenvalue weighted by atomic mass is 19.1. The van der Waals surface area contributed by atoms with Crippen LogP contribution in [0.25, 0.3) is 0 Å². The molecule has 0 saturated heterocycles. The zero-order valence-corrected chi connectivity index (χ0v) is 4.76. The van der Waals surface area contributed by atoms with Crippen LogP contribution in [0.4, 0.5) is 10.1 Å². The van der Waals surface area contributed by atoms with Crippen LogP contribution in [0, 0.1) is 5.82 Å². The van der Waals surface area contributed by atoms with Gasteiger partial charge < -0.3 is 11.2 Å². The van der Waals surface area contributed by atoms with E-state index in [0.29, 0.717) is 5.69 Å². The van der Waals surface area contributed by atoms with Crippen LogP contribution < -0.4 is 5.73 Å². The lowest BCUT2D eigenvalue weighted by atomic mass is 10.3. The van der Waals surface area contributed by atoms with Crippen LogP contribution in [0.2, 0.25) is 0 Å². The second-order valence-electron chi connectivity index (χ2n) is 1.55. The first-order valence-corrected chi connectivity index (χ1v) is 2.30. The lowest BCUT2D eigenvalue weighted by molar-refractivity contribution is 0.628.